The molecule has 0 atom stereocenters. The van der Waals surface area contributed by atoms with Gasteiger partial charge in [-0.1, -0.05) is 18.2 Å². The summed E-state index contributed by atoms with van der Waals surface area (Å²) in [5.41, 5.74) is 2.50. The van der Waals surface area contributed by atoms with Crippen molar-refractivity contribution in [1.29, 1.82) is 5.26 Å². The quantitative estimate of drug-likeness (QED) is 0.580. The first-order valence-corrected chi connectivity index (χ1v) is 7.86. The molecule has 0 fully saturated rings. The number of rotatable bonds is 2. The van der Waals surface area contributed by atoms with Gasteiger partial charge in [0, 0.05) is 30.8 Å². The lowest BCUT2D eigenvalue weighted by Gasteiger charge is -2.13. The second-order valence-electron chi connectivity index (χ2n) is 5.95. The van der Waals surface area contributed by atoms with Crippen molar-refractivity contribution in [3.63, 3.8) is 0 Å². The SMILES string of the molecule is Cn1cccc1-c1c(C#N)c2ccccc2n1-c1cc(F)c(O)c(F)c1. The summed E-state index contributed by atoms with van der Waals surface area (Å²) in [5, 5.41) is 19.9. The molecule has 2 aromatic carbocycles. The highest BCUT2D eigenvalue weighted by molar-refractivity contribution is 5.95. The molecule has 0 aliphatic rings. The topological polar surface area (TPSA) is 53.9 Å². The lowest BCUT2D eigenvalue weighted by molar-refractivity contribution is 0.396. The molecule has 26 heavy (non-hydrogen) atoms. The van der Waals surface area contributed by atoms with Gasteiger partial charge in [0.15, 0.2) is 17.4 Å². The summed E-state index contributed by atoms with van der Waals surface area (Å²) in [6, 6.07) is 15.2. The number of aryl methyl sites for hydroxylation is 1. The van der Waals surface area contributed by atoms with Gasteiger partial charge in [-0.15, -0.1) is 0 Å². The maximum absolute atomic E-state index is 14.0. The summed E-state index contributed by atoms with van der Waals surface area (Å²) < 4.78 is 31.5. The lowest BCUT2D eigenvalue weighted by atomic mass is 10.1. The van der Waals surface area contributed by atoms with Crippen LogP contribution in [0.25, 0.3) is 28.0 Å². The molecule has 0 saturated heterocycles. The third kappa shape index (κ3) is 2.18. The van der Waals surface area contributed by atoms with Crippen LogP contribution >= 0.6 is 0 Å². The molecule has 2 heterocycles. The smallest absolute Gasteiger partial charge is 0.187 e. The zero-order valence-electron chi connectivity index (χ0n) is 13.7. The maximum atomic E-state index is 14.0. The summed E-state index contributed by atoms with van der Waals surface area (Å²) in [4.78, 5) is 0. The number of phenols is 1. The zero-order chi connectivity index (χ0) is 18.4. The third-order valence-corrected chi connectivity index (χ3v) is 4.43. The van der Waals surface area contributed by atoms with Gasteiger partial charge in [-0.3, -0.25) is 0 Å². The fourth-order valence-corrected chi connectivity index (χ4v) is 3.25. The van der Waals surface area contributed by atoms with Crippen LogP contribution in [0.2, 0.25) is 0 Å². The molecule has 0 aliphatic carbocycles. The maximum Gasteiger partial charge on any atom is 0.187 e. The number of hydrogen-bond donors (Lipinski definition) is 1. The molecule has 6 heteroatoms. The molecule has 0 aliphatic heterocycles. The molecule has 4 rings (SSSR count). The van der Waals surface area contributed by atoms with Crippen molar-refractivity contribution in [1.82, 2.24) is 9.13 Å². The molecule has 0 spiro atoms. The van der Waals surface area contributed by atoms with E-state index < -0.39 is 17.4 Å². The number of phenolic OH excluding ortho intramolecular Hbond substituents is 1. The molecule has 0 bridgehead atoms. The van der Waals surface area contributed by atoms with Crippen molar-refractivity contribution in [2.24, 2.45) is 7.05 Å². The van der Waals surface area contributed by atoms with Crippen LogP contribution in [-0.4, -0.2) is 14.2 Å². The van der Waals surface area contributed by atoms with Crippen LogP contribution in [0, 0.1) is 23.0 Å². The molecule has 4 nitrogen and oxygen atoms in total. The highest BCUT2D eigenvalue weighted by atomic mass is 19.1. The molecular formula is C20H13F2N3O. The van der Waals surface area contributed by atoms with E-state index in [1.807, 2.05) is 29.9 Å². The van der Waals surface area contributed by atoms with Crippen molar-refractivity contribution in [2.45, 2.75) is 0 Å². The summed E-state index contributed by atoms with van der Waals surface area (Å²) in [5.74, 6) is -3.14. The van der Waals surface area contributed by atoms with E-state index in [4.69, 9.17) is 0 Å². The predicted octanol–water partition coefficient (Wildman–Crippen LogP) is 4.49. The predicted molar refractivity (Wildman–Crippen MR) is 94.0 cm³/mol. The molecule has 0 saturated carbocycles. The second kappa shape index (κ2) is 5.74. The van der Waals surface area contributed by atoms with Crippen LogP contribution < -0.4 is 0 Å². The van der Waals surface area contributed by atoms with E-state index in [9.17, 15) is 19.1 Å². The summed E-state index contributed by atoms with van der Waals surface area (Å²) in [7, 11) is 1.83. The van der Waals surface area contributed by atoms with Gasteiger partial charge in [0.1, 0.15) is 6.07 Å². The van der Waals surface area contributed by atoms with E-state index in [-0.39, 0.29) is 5.69 Å². The van der Waals surface area contributed by atoms with E-state index >= 15 is 0 Å². The van der Waals surface area contributed by atoms with E-state index in [0.29, 0.717) is 22.2 Å². The number of halogens is 2. The standard InChI is InChI=1S/C20H13F2N3O/c1-24-8-4-7-18(24)19-14(11-23)13-5-2-3-6-17(13)25(19)12-9-15(21)20(26)16(22)10-12/h2-10,26H,1H3. The number of para-hydroxylation sites is 1. The Balaban J connectivity index is 2.19. The number of nitriles is 1. The van der Waals surface area contributed by atoms with Crippen LogP contribution in [0.3, 0.4) is 0 Å². The van der Waals surface area contributed by atoms with Crippen molar-refractivity contribution in [3.8, 4) is 28.9 Å². The summed E-state index contributed by atoms with van der Waals surface area (Å²) >= 11 is 0. The first kappa shape index (κ1) is 15.9. The highest BCUT2D eigenvalue weighted by Crippen LogP contribution is 2.37. The molecule has 0 amide bonds. The molecular weight excluding hydrogens is 336 g/mol. The van der Waals surface area contributed by atoms with Gasteiger partial charge in [-0.2, -0.15) is 5.26 Å². The van der Waals surface area contributed by atoms with Crippen LogP contribution in [0.1, 0.15) is 5.56 Å². The van der Waals surface area contributed by atoms with E-state index in [1.165, 1.54) is 0 Å². The second-order valence-corrected chi connectivity index (χ2v) is 5.95. The number of hydrogen-bond acceptors (Lipinski definition) is 2. The fourth-order valence-electron chi connectivity index (χ4n) is 3.25. The van der Waals surface area contributed by atoms with Gasteiger partial charge in [-0.25, -0.2) is 8.78 Å². The van der Waals surface area contributed by atoms with Crippen LogP contribution in [0.5, 0.6) is 5.75 Å². The van der Waals surface area contributed by atoms with Gasteiger partial charge >= 0.3 is 0 Å². The van der Waals surface area contributed by atoms with E-state index in [1.54, 1.807) is 28.8 Å². The summed E-state index contributed by atoms with van der Waals surface area (Å²) in [6.45, 7) is 0. The van der Waals surface area contributed by atoms with E-state index in [2.05, 4.69) is 6.07 Å². The zero-order valence-corrected chi connectivity index (χ0v) is 13.7. The van der Waals surface area contributed by atoms with Gasteiger partial charge in [0.2, 0.25) is 0 Å². The van der Waals surface area contributed by atoms with Gasteiger partial charge in [-0.05, 0) is 18.2 Å². The van der Waals surface area contributed by atoms with E-state index in [0.717, 1.165) is 17.8 Å². The first-order valence-electron chi connectivity index (χ1n) is 7.86. The van der Waals surface area contributed by atoms with Crippen molar-refractivity contribution < 1.29 is 13.9 Å². The Hall–Kier alpha value is -3.59. The fraction of sp³-hybridized carbons (Fsp3) is 0.0500. The average molecular weight is 349 g/mol. The Morgan fingerprint density at radius 3 is 2.35 bits per heavy atom. The van der Waals surface area contributed by atoms with Crippen LogP contribution in [0.4, 0.5) is 8.78 Å². The molecule has 0 unspecified atom stereocenters. The normalized spacial score (nSPS) is 11.0. The number of fused-ring (bicyclic) bond motifs is 1. The Bertz CT molecular complexity index is 1170. The van der Waals surface area contributed by atoms with Gasteiger partial charge in [0.25, 0.3) is 0 Å². The largest absolute Gasteiger partial charge is 0.503 e. The molecule has 0 radical (unpaired) electrons. The lowest BCUT2D eigenvalue weighted by Crippen LogP contribution is -2.02. The van der Waals surface area contributed by atoms with Gasteiger partial charge in [0.05, 0.1) is 28.2 Å². The molecule has 128 valence electrons. The Labute approximate surface area is 147 Å². The highest BCUT2D eigenvalue weighted by Gasteiger charge is 2.22. The minimum absolute atomic E-state index is 0.187. The number of benzene rings is 2. The van der Waals surface area contributed by atoms with Crippen molar-refractivity contribution in [3.05, 3.63) is 71.9 Å². The Morgan fingerprint density at radius 1 is 1.04 bits per heavy atom. The number of aromatic nitrogens is 2. The van der Waals surface area contributed by atoms with Crippen molar-refractivity contribution >= 4 is 10.9 Å². The minimum Gasteiger partial charge on any atom is -0.503 e. The van der Waals surface area contributed by atoms with Crippen LogP contribution in [-0.2, 0) is 7.05 Å². The minimum atomic E-state index is -1.06. The molecule has 2 aromatic heterocycles. The molecule has 4 aromatic rings. The van der Waals surface area contributed by atoms with Crippen molar-refractivity contribution in [2.75, 3.05) is 0 Å². The monoisotopic (exact) mass is 349 g/mol. The third-order valence-electron chi connectivity index (χ3n) is 4.43. The Morgan fingerprint density at radius 2 is 1.73 bits per heavy atom. The number of nitrogens with zero attached hydrogens (tertiary/aromatic N) is 3. The van der Waals surface area contributed by atoms with Crippen LogP contribution in [0.15, 0.2) is 54.7 Å². The summed E-state index contributed by atoms with van der Waals surface area (Å²) in [6.07, 6.45) is 1.83. The molecule has 1 N–H and O–H groups in total. The first-order chi connectivity index (χ1) is 12.5. The van der Waals surface area contributed by atoms with Gasteiger partial charge < -0.3 is 14.2 Å². The number of aromatic hydroxyl groups is 1. The average Bonchev–Trinajstić information content (AvgIpc) is 3.19. The Kier molecular flexibility index (Phi) is 3.51.